The van der Waals surface area contributed by atoms with Crippen LogP contribution in [-0.2, 0) is 9.59 Å². The van der Waals surface area contributed by atoms with E-state index in [4.69, 9.17) is 0 Å². The Labute approximate surface area is 127 Å². The third-order valence-corrected chi connectivity index (χ3v) is 2.85. The number of rotatable bonds is 3. The quantitative estimate of drug-likeness (QED) is 0.458. The minimum absolute atomic E-state index is 0.0903. The van der Waals surface area contributed by atoms with Gasteiger partial charge >= 0.3 is 11.8 Å². The summed E-state index contributed by atoms with van der Waals surface area (Å²) in [6.45, 7) is 1.83. The molecular weight excluding hydrogens is 282 g/mol. The van der Waals surface area contributed by atoms with E-state index in [1.54, 1.807) is 24.3 Å². The van der Waals surface area contributed by atoms with Gasteiger partial charge in [0.1, 0.15) is 5.75 Å². The summed E-state index contributed by atoms with van der Waals surface area (Å²) in [5.74, 6) is -1.59. The van der Waals surface area contributed by atoms with Crippen molar-refractivity contribution in [2.45, 2.75) is 6.92 Å². The number of phenols is 1. The summed E-state index contributed by atoms with van der Waals surface area (Å²) in [6.07, 6.45) is 1.33. The maximum absolute atomic E-state index is 11.7. The number of nitrogens with zero attached hydrogens (tertiary/aromatic N) is 1. The molecule has 2 aromatic rings. The van der Waals surface area contributed by atoms with Crippen molar-refractivity contribution in [3.63, 3.8) is 0 Å². The van der Waals surface area contributed by atoms with Gasteiger partial charge in [0.05, 0.1) is 6.21 Å². The first-order valence-corrected chi connectivity index (χ1v) is 6.55. The van der Waals surface area contributed by atoms with Crippen LogP contribution in [-0.4, -0.2) is 23.1 Å². The van der Waals surface area contributed by atoms with Gasteiger partial charge in [-0.2, -0.15) is 5.10 Å². The summed E-state index contributed by atoms with van der Waals surface area (Å²) in [5.41, 5.74) is 4.15. The molecule has 0 atom stereocenters. The largest absolute Gasteiger partial charge is 0.508 e. The van der Waals surface area contributed by atoms with E-state index >= 15 is 0 Å². The van der Waals surface area contributed by atoms with Crippen LogP contribution in [0.4, 0.5) is 5.69 Å². The number of carbonyl (C=O) groups is 2. The maximum atomic E-state index is 11.7. The Morgan fingerprint density at radius 1 is 1.09 bits per heavy atom. The zero-order valence-electron chi connectivity index (χ0n) is 11.9. The van der Waals surface area contributed by atoms with Gasteiger partial charge in [-0.15, -0.1) is 0 Å². The molecule has 6 nitrogen and oxygen atoms in total. The Morgan fingerprint density at radius 3 is 2.59 bits per heavy atom. The summed E-state index contributed by atoms with van der Waals surface area (Å²) >= 11 is 0. The Balaban J connectivity index is 1.92. The predicted octanol–water partition coefficient (Wildman–Crippen LogP) is 1.79. The first kappa shape index (κ1) is 15.2. The zero-order valence-corrected chi connectivity index (χ0v) is 11.9. The van der Waals surface area contributed by atoms with Crippen molar-refractivity contribution < 1.29 is 14.7 Å². The second-order valence-electron chi connectivity index (χ2n) is 4.56. The average Bonchev–Trinajstić information content (AvgIpc) is 2.49. The fourth-order valence-electron chi connectivity index (χ4n) is 1.71. The molecule has 0 radical (unpaired) electrons. The van der Waals surface area contributed by atoms with Gasteiger partial charge in [-0.05, 0) is 36.2 Å². The number of para-hydroxylation sites is 1. The van der Waals surface area contributed by atoms with Crippen LogP contribution in [0, 0.1) is 6.92 Å². The van der Waals surface area contributed by atoms with Gasteiger partial charge in [0.15, 0.2) is 0 Å². The molecular formula is C16H15N3O3. The highest BCUT2D eigenvalue weighted by molar-refractivity contribution is 6.39. The van der Waals surface area contributed by atoms with Crippen molar-refractivity contribution in [2.75, 3.05) is 5.32 Å². The van der Waals surface area contributed by atoms with Crippen LogP contribution in [0.2, 0.25) is 0 Å². The number of hydrogen-bond donors (Lipinski definition) is 3. The first-order chi connectivity index (χ1) is 10.6. The molecule has 6 heteroatoms. The van der Waals surface area contributed by atoms with E-state index in [1.807, 2.05) is 19.1 Å². The first-order valence-electron chi connectivity index (χ1n) is 6.55. The number of carbonyl (C=O) groups excluding carboxylic acids is 2. The van der Waals surface area contributed by atoms with E-state index in [0.717, 1.165) is 5.56 Å². The molecule has 0 bridgehead atoms. The van der Waals surface area contributed by atoms with Crippen molar-refractivity contribution in [1.82, 2.24) is 5.43 Å². The molecule has 0 aliphatic heterocycles. The van der Waals surface area contributed by atoms with E-state index in [0.29, 0.717) is 11.3 Å². The van der Waals surface area contributed by atoms with Crippen LogP contribution in [0.15, 0.2) is 53.6 Å². The molecule has 0 saturated carbocycles. The van der Waals surface area contributed by atoms with E-state index in [2.05, 4.69) is 15.8 Å². The van der Waals surface area contributed by atoms with E-state index < -0.39 is 11.8 Å². The van der Waals surface area contributed by atoms with Gasteiger partial charge in [-0.3, -0.25) is 9.59 Å². The van der Waals surface area contributed by atoms with Crippen LogP contribution >= 0.6 is 0 Å². The van der Waals surface area contributed by atoms with Crippen molar-refractivity contribution in [2.24, 2.45) is 5.10 Å². The fraction of sp³-hybridized carbons (Fsp3) is 0.0625. The van der Waals surface area contributed by atoms with Gasteiger partial charge < -0.3 is 10.4 Å². The lowest BCUT2D eigenvalue weighted by molar-refractivity contribution is -0.136. The maximum Gasteiger partial charge on any atom is 0.329 e. The minimum Gasteiger partial charge on any atom is -0.508 e. The molecule has 0 saturated heterocycles. The predicted molar refractivity (Wildman–Crippen MR) is 83.7 cm³/mol. The van der Waals surface area contributed by atoms with Crippen LogP contribution in [0.3, 0.4) is 0 Å². The lowest BCUT2D eigenvalue weighted by Gasteiger charge is -2.06. The van der Waals surface area contributed by atoms with Crippen molar-refractivity contribution in [3.05, 3.63) is 59.7 Å². The van der Waals surface area contributed by atoms with Crippen LogP contribution in [0.25, 0.3) is 0 Å². The molecule has 0 aromatic heterocycles. The molecule has 0 aliphatic rings. The summed E-state index contributed by atoms with van der Waals surface area (Å²) in [4.78, 5) is 23.4. The third-order valence-electron chi connectivity index (χ3n) is 2.85. The van der Waals surface area contributed by atoms with Crippen LogP contribution in [0.1, 0.15) is 11.1 Å². The fourth-order valence-corrected chi connectivity index (χ4v) is 1.71. The minimum atomic E-state index is -0.875. The Kier molecular flexibility index (Phi) is 4.87. The van der Waals surface area contributed by atoms with Gasteiger partial charge in [-0.1, -0.05) is 30.3 Å². The van der Waals surface area contributed by atoms with Crippen LogP contribution < -0.4 is 10.7 Å². The molecule has 2 aromatic carbocycles. The van der Waals surface area contributed by atoms with E-state index in [9.17, 15) is 14.7 Å². The lowest BCUT2D eigenvalue weighted by Crippen LogP contribution is -2.32. The van der Waals surface area contributed by atoms with Gasteiger partial charge in [0.25, 0.3) is 0 Å². The Hall–Kier alpha value is -3.15. The average molecular weight is 297 g/mol. The SMILES string of the molecule is Cc1ccccc1NC(=O)C(=O)N/N=C\c1cccc(O)c1. The molecule has 0 unspecified atom stereocenters. The number of anilines is 1. The van der Waals surface area contributed by atoms with E-state index in [1.165, 1.54) is 18.3 Å². The normalized spacial score (nSPS) is 10.4. The second kappa shape index (κ2) is 7.03. The van der Waals surface area contributed by atoms with E-state index in [-0.39, 0.29) is 5.75 Å². The molecule has 0 spiro atoms. The molecule has 0 aliphatic carbocycles. The molecule has 2 rings (SSSR count). The second-order valence-corrected chi connectivity index (χ2v) is 4.56. The molecule has 2 amide bonds. The van der Waals surface area contributed by atoms with Crippen molar-refractivity contribution >= 4 is 23.7 Å². The molecule has 112 valence electrons. The third kappa shape index (κ3) is 4.17. The summed E-state index contributed by atoms with van der Waals surface area (Å²) in [5, 5.41) is 15.5. The van der Waals surface area contributed by atoms with Gasteiger partial charge in [0, 0.05) is 5.69 Å². The molecule has 22 heavy (non-hydrogen) atoms. The molecule has 0 fully saturated rings. The Morgan fingerprint density at radius 2 is 1.86 bits per heavy atom. The highest BCUT2D eigenvalue weighted by Crippen LogP contribution is 2.12. The highest BCUT2D eigenvalue weighted by Gasteiger charge is 2.13. The standard InChI is InChI=1S/C16H15N3O3/c1-11-5-2-3-8-14(11)18-15(21)16(22)19-17-10-12-6-4-7-13(20)9-12/h2-10,20H,1H3,(H,18,21)(H,19,22)/b17-10-. The van der Waals surface area contributed by atoms with Crippen LogP contribution in [0.5, 0.6) is 5.75 Å². The summed E-state index contributed by atoms with van der Waals surface area (Å²) in [7, 11) is 0. The monoisotopic (exact) mass is 297 g/mol. The number of aryl methyl sites for hydroxylation is 1. The Bertz CT molecular complexity index is 726. The summed E-state index contributed by atoms with van der Waals surface area (Å²) < 4.78 is 0. The number of amides is 2. The molecule has 0 heterocycles. The van der Waals surface area contributed by atoms with Crippen molar-refractivity contribution in [3.8, 4) is 5.75 Å². The molecule has 3 N–H and O–H groups in total. The summed E-state index contributed by atoms with van der Waals surface area (Å²) in [6, 6.07) is 13.5. The number of phenolic OH excluding ortho intramolecular Hbond substituents is 1. The topological polar surface area (TPSA) is 90.8 Å². The smallest absolute Gasteiger partial charge is 0.329 e. The number of aromatic hydroxyl groups is 1. The van der Waals surface area contributed by atoms with Crippen molar-refractivity contribution in [1.29, 1.82) is 0 Å². The number of hydrogen-bond acceptors (Lipinski definition) is 4. The number of nitrogens with one attached hydrogen (secondary N) is 2. The highest BCUT2D eigenvalue weighted by atomic mass is 16.3. The number of hydrazone groups is 1. The van der Waals surface area contributed by atoms with Gasteiger partial charge in [-0.25, -0.2) is 5.43 Å². The zero-order chi connectivity index (χ0) is 15.9. The number of benzene rings is 2. The van der Waals surface area contributed by atoms with Gasteiger partial charge in [0.2, 0.25) is 0 Å². The lowest BCUT2D eigenvalue weighted by atomic mass is 10.2.